The number of halogens is 2. The molecule has 1 saturated heterocycles. The maximum absolute atomic E-state index is 12.7. The largest absolute Gasteiger partial charge is 0.293 e. The highest BCUT2D eigenvalue weighted by Crippen LogP contribution is 2.33. The van der Waals surface area contributed by atoms with Crippen LogP contribution in [0.15, 0.2) is 57.9 Å². The zero-order valence-corrected chi connectivity index (χ0v) is 20.0. The van der Waals surface area contributed by atoms with Gasteiger partial charge < -0.3 is 0 Å². The molecule has 0 radical (unpaired) electrons. The van der Waals surface area contributed by atoms with Crippen molar-refractivity contribution in [2.24, 2.45) is 0 Å². The van der Waals surface area contributed by atoms with Crippen molar-refractivity contribution in [2.45, 2.75) is 12.8 Å². The maximum Gasteiger partial charge on any atom is 0.270 e. The van der Waals surface area contributed by atoms with E-state index in [2.05, 4.69) is 26.8 Å². The monoisotopic (exact) mass is 537 g/mol. The minimum Gasteiger partial charge on any atom is -0.293 e. The molecule has 1 aliphatic rings. The van der Waals surface area contributed by atoms with Crippen molar-refractivity contribution in [1.82, 2.24) is 15.8 Å². The molecule has 0 saturated carbocycles. The Balaban J connectivity index is 1.48. The molecule has 10 heteroatoms. The minimum absolute atomic E-state index is 0.122. The summed E-state index contributed by atoms with van der Waals surface area (Å²) in [5, 5.41) is 0.550. The van der Waals surface area contributed by atoms with Crippen LogP contribution in [-0.4, -0.2) is 33.5 Å². The molecule has 0 bridgehead atoms. The second-order valence-electron chi connectivity index (χ2n) is 6.44. The zero-order chi connectivity index (χ0) is 22.4. The van der Waals surface area contributed by atoms with Gasteiger partial charge in [0.2, 0.25) is 5.91 Å². The first kappa shape index (κ1) is 23.5. The third-order valence-corrected chi connectivity index (χ3v) is 6.70. The normalized spacial score (nSPS) is 14.8. The molecule has 0 aliphatic carbocycles. The zero-order valence-electron chi connectivity index (χ0n) is 16.1. The fourth-order valence-corrected chi connectivity index (χ4v) is 4.68. The number of hydrogen-bond acceptors (Lipinski definition) is 5. The summed E-state index contributed by atoms with van der Waals surface area (Å²) < 4.78 is 1.06. The quantitative estimate of drug-likeness (QED) is 0.321. The molecule has 0 atom stereocenters. The average Bonchev–Trinajstić information content (AvgIpc) is 3.01. The molecular weight excluding hydrogens is 522 g/mol. The summed E-state index contributed by atoms with van der Waals surface area (Å²) in [5.41, 5.74) is 5.90. The lowest BCUT2D eigenvalue weighted by molar-refractivity contribution is -0.124. The minimum atomic E-state index is -0.428. The van der Waals surface area contributed by atoms with Crippen LogP contribution >= 0.6 is 51.5 Å². The lowest BCUT2D eigenvalue weighted by atomic mass is 10.2. The molecule has 3 amide bonds. The van der Waals surface area contributed by atoms with Crippen LogP contribution in [0.1, 0.15) is 28.8 Å². The van der Waals surface area contributed by atoms with Crippen LogP contribution in [0.5, 0.6) is 0 Å². The molecule has 2 aromatic carbocycles. The van der Waals surface area contributed by atoms with Gasteiger partial charge in [-0.2, -0.15) is 0 Å². The maximum atomic E-state index is 12.7. The standard InChI is InChI=1S/C21H17BrClN3O3S2/c22-15-8-3-2-7-14(15)19(28)25-24-18(27)10-5-11-26-20(29)17(31-21(26)30)12-13-6-1-4-9-16(13)23/h1-4,6-9,12H,5,10-11H2,(H,24,27)(H,25,28). The van der Waals surface area contributed by atoms with Crippen LogP contribution in [0, 0.1) is 0 Å². The molecule has 3 rings (SSSR count). The summed E-state index contributed by atoms with van der Waals surface area (Å²) in [5.74, 6) is -1.00. The highest BCUT2D eigenvalue weighted by atomic mass is 79.9. The van der Waals surface area contributed by atoms with E-state index in [4.69, 9.17) is 23.8 Å². The Bertz CT molecular complexity index is 1080. The molecule has 1 fully saturated rings. The van der Waals surface area contributed by atoms with Crippen molar-refractivity contribution in [3.05, 3.63) is 74.1 Å². The topological polar surface area (TPSA) is 78.5 Å². The third-order valence-electron chi connectivity index (χ3n) is 4.28. The van der Waals surface area contributed by atoms with Gasteiger partial charge in [0, 0.05) is 22.5 Å². The van der Waals surface area contributed by atoms with Gasteiger partial charge in [0.1, 0.15) is 4.32 Å². The predicted octanol–water partition coefficient (Wildman–Crippen LogP) is 4.55. The molecule has 2 aromatic rings. The van der Waals surface area contributed by atoms with Crippen LogP contribution in [0.25, 0.3) is 6.08 Å². The van der Waals surface area contributed by atoms with Crippen molar-refractivity contribution in [3.63, 3.8) is 0 Å². The number of amides is 3. The summed E-state index contributed by atoms with van der Waals surface area (Å²) in [4.78, 5) is 38.8. The lowest BCUT2D eigenvalue weighted by Crippen LogP contribution is -2.42. The van der Waals surface area contributed by atoms with E-state index in [0.29, 0.717) is 37.3 Å². The molecule has 0 aromatic heterocycles. The number of nitrogens with one attached hydrogen (secondary N) is 2. The Hall–Kier alpha value is -2.20. The number of hydrazine groups is 1. The first-order valence-electron chi connectivity index (χ1n) is 9.20. The summed E-state index contributed by atoms with van der Waals surface area (Å²) in [6.07, 6.45) is 2.23. The van der Waals surface area contributed by atoms with E-state index in [9.17, 15) is 14.4 Å². The molecule has 2 N–H and O–H groups in total. The number of benzene rings is 2. The van der Waals surface area contributed by atoms with Crippen LogP contribution in [0.2, 0.25) is 5.02 Å². The molecule has 6 nitrogen and oxygen atoms in total. The van der Waals surface area contributed by atoms with Gasteiger partial charge in [-0.15, -0.1) is 0 Å². The fraction of sp³-hybridized carbons (Fsp3) is 0.143. The lowest BCUT2D eigenvalue weighted by Gasteiger charge is -2.14. The first-order chi connectivity index (χ1) is 14.9. The fourth-order valence-electron chi connectivity index (χ4n) is 2.73. The van der Waals surface area contributed by atoms with E-state index >= 15 is 0 Å². The predicted molar refractivity (Wildman–Crippen MR) is 130 cm³/mol. The van der Waals surface area contributed by atoms with Crippen LogP contribution in [-0.2, 0) is 9.59 Å². The van der Waals surface area contributed by atoms with Gasteiger partial charge >= 0.3 is 0 Å². The number of nitrogens with zero attached hydrogens (tertiary/aromatic N) is 1. The Morgan fingerprint density at radius 2 is 1.84 bits per heavy atom. The summed E-state index contributed by atoms with van der Waals surface area (Å²) in [6, 6.07) is 14.1. The highest BCUT2D eigenvalue weighted by Gasteiger charge is 2.31. The summed E-state index contributed by atoms with van der Waals surface area (Å²) >= 11 is 16.0. The van der Waals surface area contributed by atoms with Crippen molar-refractivity contribution in [1.29, 1.82) is 0 Å². The van der Waals surface area contributed by atoms with Gasteiger partial charge in [-0.25, -0.2) is 0 Å². The average molecular weight is 539 g/mol. The van der Waals surface area contributed by atoms with E-state index in [1.807, 2.05) is 18.2 Å². The molecule has 0 spiro atoms. The van der Waals surface area contributed by atoms with E-state index in [1.54, 1.807) is 36.4 Å². The number of thioether (sulfide) groups is 1. The molecular formula is C21H17BrClN3O3S2. The number of hydrogen-bond donors (Lipinski definition) is 2. The second-order valence-corrected chi connectivity index (χ2v) is 9.38. The van der Waals surface area contributed by atoms with Gasteiger partial charge in [0.15, 0.2) is 0 Å². The van der Waals surface area contributed by atoms with E-state index in [-0.39, 0.29) is 18.2 Å². The van der Waals surface area contributed by atoms with Crippen molar-refractivity contribution >= 4 is 79.6 Å². The van der Waals surface area contributed by atoms with Gasteiger partial charge in [-0.05, 0) is 52.2 Å². The highest BCUT2D eigenvalue weighted by molar-refractivity contribution is 9.10. The van der Waals surface area contributed by atoms with Crippen LogP contribution in [0.4, 0.5) is 0 Å². The van der Waals surface area contributed by atoms with E-state index in [0.717, 1.165) is 5.56 Å². The first-order valence-corrected chi connectivity index (χ1v) is 11.6. The Kier molecular flexibility index (Phi) is 8.25. The SMILES string of the molecule is O=C(CCCN1C(=O)C(=Cc2ccccc2Cl)SC1=S)NNC(=O)c1ccccc1Br. The smallest absolute Gasteiger partial charge is 0.270 e. The van der Waals surface area contributed by atoms with E-state index in [1.165, 1.54) is 16.7 Å². The molecule has 160 valence electrons. The second kappa shape index (κ2) is 10.9. The molecule has 1 heterocycles. The van der Waals surface area contributed by atoms with Crippen molar-refractivity contribution in [3.8, 4) is 0 Å². The van der Waals surface area contributed by atoms with Crippen LogP contribution < -0.4 is 10.9 Å². The summed E-state index contributed by atoms with van der Waals surface area (Å²) in [7, 11) is 0. The van der Waals surface area contributed by atoms with Gasteiger partial charge in [-0.1, -0.05) is 65.9 Å². The number of carbonyl (C=O) groups is 3. The van der Waals surface area contributed by atoms with Crippen molar-refractivity contribution < 1.29 is 14.4 Å². The third kappa shape index (κ3) is 6.16. The molecule has 31 heavy (non-hydrogen) atoms. The Morgan fingerprint density at radius 1 is 1.13 bits per heavy atom. The molecule has 0 unspecified atom stereocenters. The Morgan fingerprint density at radius 3 is 2.58 bits per heavy atom. The van der Waals surface area contributed by atoms with Crippen molar-refractivity contribution in [2.75, 3.05) is 6.54 Å². The molecule has 1 aliphatic heterocycles. The summed E-state index contributed by atoms with van der Waals surface area (Å²) in [6.45, 7) is 0.302. The van der Waals surface area contributed by atoms with Crippen LogP contribution in [0.3, 0.4) is 0 Å². The van der Waals surface area contributed by atoms with E-state index < -0.39 is 5.91 Å². The number of rotatable bonds is 6. The number of thiocarbonyl (C=S) groups is 1. The number of carbonyl (C=O) groups excluding carboxylic acids is 3. The Labute approximate surface area is 202 Å². The van der Waals surface area contributed by atoms with Gasteiger partial charge in [-0.3, -0.25) is 30.1 Å². The van der Waals surface area contributed by atoms with Gasteiger partial charge in [0.05, 0.1) is 10.5 Å². The van der Waals surface area contributed by atoms with Gasteiger partial charge in [0.25, 0.3) is 11.8 Å².